The Bertz CT molecular complexity index is 753. The van der Waals surface area contributed by atoms with Crippen molar-refractivity contribution in [1.29, 1.82) is 0 Å². The summed E-state index contributed by atoms with van der Waals surface area (Å²) in [6.45, 7) is 1.74. The average molecular weight is 292 g/mol. The van der Waals surface area contributed by atoms with Gasteiger partial charge in [0, 0.05) is 5.92 Å². The highest BCUT2D eigenvalue weighted by atomic mass is 16.5. The average Bonchev–Trinajstić information content (AvgIpc) is 3.09. The number of rotatable bonds is 1. The van der Waals surface area contributed by atoms with E-state index < -0.39 is 0 Å². The molecule has 0 fully saturated rings. The zero-order chi connectivity index (χ0) is 14.8. The highest BCUT2D eigenvalue weighted by molar-refractivity contribution is 5.79. The molecular formula is C20H20O2. The molecule has 2 heteroatoms. The van der Waals surface area contributed by atoms with E-state index in [1.165, 1.54) is 33.4 Å². The van der Waals surface area contributed by atoms with Crippen LogP contribution in [0.15, 0.2) is 46.6 Å². The Kier molecular flexibility index (Phi) is 2.58. The molecule has 22 heavy (non-hydrogen) atoms. The second-order valence-corrected chi connectivity index (χ2v) is 7.17. The first-order chi connectivity index (χ1) is 10.7. The summed E-state index contributed by atoms with van der Waals surface area (Å²) in [6, 6.07) is 8.78. The van der Waals surface area contributed by atoms with E-state index in [4.69, 9.17) is 4.74 Å². The minimum Gasteiger partial charge on any atom is -0.357 e. The normalized spacial score (nSPS) is 32.0. The molecule has 4 aliphatic rings. The van der Waals surface area contributed by atoms with Gasteiger partial charge in [-0.05, 0) is 72.4 Å². The van der Waals surface area contributed by atoms with Gasteiger partial charge in [0.25, 0.3) is 0 Å². The minimum absolute atomic E-state index is 0.186. The van der Waals surface area contributed by atoms with Crippen LogP contribution in [0.4, 0.5) is 0 Å². The monoisotopic (exact) mass is 292 g/mol. The maximum Gasteiger partial charge on any atom is 0.133 e. The molecule has 3 unspecified atom stereocenters. The number of hydrogen-bond donors (Lipinski definition) is 0. The van der Waals surface area contributed by atoms with Gasteiger partial charge in [0.2, 0.25) is 0 Å². The van der Waals surface area contributed by atoms with Gasteiger partial charge >= 0.3 is 0 Å². The van der Waals surface area contributed by atoms with Crippen molar-refractivity contribution in [3.8, 4) is 0 Å². The van der Waals surface area contributed by atoms with Gasteiger partial charge in [-0.15, -0.1) is 0 Å². The van der Waals surface area contributed by atoms with Crippen LogP contribution in [0.3, 0.4) is 0 Å². The van der Waals surface area contributed by atoms with Crippen LogP contribution in [-0.2, 0) is 22.4 Å². The van der Waals surface area contributed by atoms with E-state index in [0.29, 0.717) is 5.78 Å². The Morgan fingerprint density at radius 1 is 1.00 bits per heavy atom. The Balaban J connectivity index is 1.50. The van der Waals surface area contributed by atoms with Crippen molar-refractivity contribution < 1.29 is 9.53 Å². The molecule has 0 aromatic heterocycles. The van der Waals surface area contributed by atoms with Gasteiger partial charge in [-0.1, -0.05) is 24.3 Å². The topological polar surface area (TPSA) is 26.3 Å². The standard InChI is InChI=1S/C20H20O2/c1-11(21)12-6-7-15-16(8-12)20-18-10-14-5-3-2-4-13(14)9-17(18)19(15)22-20/h2-5,12,19-20H,6-10H2,1H3. The predicted octanol–water partition coefficient (Wildman–Crippen LogP) is 3.55. The first kappa shape index (κ1) is 12.8. The van der Waals surface area contributed by atoms with E-state index in [0.717, 1.165) is 32.1 Å². The van der Waals surface area contributed by atoms with Gasteiger partial charge in [-0.3, -0.25) is 4.79 Å². The lowest BCUT2D eigenvalue weighted by Gasteiger charge is -2.31. The highest BCUT2D eigenvalue weighted by Crippen LogP contribution is 2.52. The van der Waals surface area contributed by atoms with Crippen molar-refractivity contribution in [3.63, 3.8) is 0 Å². The van der Waals surface area contributed by atoms with Gasteiger partial charge in [0.1, 0.15) is 18.0 Å². The first-order valence-electron chi connectivity index (χ1n) is 8.38. The molecule has 0 radical (unpaired) electrons. The summed E-state index contributed by atoms with van der Waals surface area (Å²) in [7, 11) is 0. The van der Waals surface area contributed by atoms with Crippen LogP contribution in [0.25, 0.3) is 0 Å². The van der Waals surface area contributed by atoms with Crippen LogP contribution in [-0.4, -0.2) is 18.0 Å². The summed E-state index contributed by atoms with van der Waals surface area (Å²) in [5.74, 6) is 0.569. The summed E-state index contributed by atoms with van der Waals surface area (Å²) < 4.78 is 6.37. The fraction of sp³-hybridized carbons (Fsp3) is 0.450. The van der Waals surface area contributed by atoms with Crippen molar-refractivity contribution >= 4 is 5.78 Å². The quantitative estimate of drug-likeness (QED) is 0.740. The van der Waals surface area contributed by atoms with E-state index in [1.807, 2.05) is 0 Å². The third-order valence-electron chi connectivity index (χ3n) is 6.05. The molecule has 2 bridgehead atoms. The van der Waals surface area contributed by atoms with Gasteiger partial charge in [0.05, 0.1) is 0 Å². The van der Waals surface area contributed by atoms with Crippen LogP contribution in [0, 0.1) is 5.92 Å². The molecule has 2 aliphatic carbocycles. The fourth-order valence-electron chi connectivity index (χ4n) is 4.86. The predicted molar refractivity (Wildman–Crippen MR) is 84.6 cm³/mol. The number of fused-ring (bicyclic) bond motifs is 7. The summed E-state index contributed by atoms with van der Waals surface area (Å²) in [6.07, 6.45) is 5.51. The van der Waals surface area contributed by atoms with Crippen LogP contribution < -0.4 is 0 Å². The number of ether oxygens (including phenoxy) is 1. The zero-order valence-electron chi connectivity index (χ0n) is 12.9. The van der Waals surface area contributed by atoms with Crippen molar-refractivity contribution in [2.24, 2.45) is 5.92 Å². The number of ketones is 1. The number of benzene rings is 1. The summed E-state index contributed by atoms with van der Waals surface area (Å²) >= 11 is 0. The second-order valence-electron chi connectivity index (χ2n) is 7.17. The van der Waals surface area contributed by atoms with E-state index in [1.54, 1.807) is 6.92 Å². The lowest BCUT2D eigenvalue weighted by Crippen LogP contribution is -2.27. The molecule has 2 aliphatic heterocycles. The van der Waals surface area contributed by atoms with Gasteiger partial charge < -0.3 is 4.74 Å². The molecule has 0 saturated carbocycles. The van der Waals surface area contributed by atoms with E-state index >= 15 is 0 Å². The van der Waals surface area contributed by atoms with E-state index in [2.05, 4.69) is 24.3 Å². The molecule has 112 valence electrons. The Labute approximate surface area is 130 Å². The second kappa shape index (κ2) is 4.42. The van der Waals surface area contributed by atoms with Crippen LogP contribution in [0.2, 0.25) is 0 Å². The first-order valence-corrected chi connectivity index (χ1v) is 8.38. The van der Waals surface area contributed by atoms with Crippen LogP contribution >= 0.6 is 0 Å². The van der Waals surface area contributed by atoms with Crippen molar-refractivity contribution in [1.82, 2.24) is 0 Å². The summed E-state index contributed by atoms with van der Waals surface area (Å²) in [5, 5.41) is 0. The maximum absolute atomic E-state index is 11.8. The Morgan fingerprint density at radius 2 is 1.64 bits per heavy atom. The molecule has 2 heterocycles. The SMILES string of the molecule is CC(=O)C1CCC2=C(C1)C1OC2C2=C1Cc1ccccc1C2. The molecule has 0 amide bonds. The van der Waals surface area contributed by atoms with Crippen LogP contribution in [0.5, 0.6) is 0 Å². The largest absolute Gasteiger partial charge is 0.357 e. The Hall–Kier alpha value is -1.67. The lowest BCUT2D eigenvalue weighted by molar-refractivity contribution is -0.121. The zero-order valence-corrected chi connectivity index (χ0v) is 12.9. The number of hydrogen-bond acceptors (Lipinski definition) is 2. The molecular weight excluding hydrogens is 272 g/mol. The molecule has 0 saturated heterocycles. The van der Waals surface area contributed by atoms with E-state index in [9.17, 15) is 4.79 Å². The highest BCUT2D eigenvalue weighted by Gasteiger charge is 2.48. The lowest BCUT2D eigenvalue weighted by atomic mass is 9.70. The van der Waals surface area contributed by atoms with Crippen molar-refractivity contribution in [2.75, 3.05) is 0 Å². The maximum atomic E-state index is 11.8. The van der Waals surface area contributed by atoms with Gasteiger partial charge in [0.15, 0.2) is 0 Å². The smallest absolute Gasteiger partial charge is 0.133 e. The molecule has 0 N–H and O–H groups in total. The molecule has 3 atom stereocenters. The molecule has 2 nitrogen and oxygen atoms in total. The molecule has 0 spiro atoms. The molecule has 1 aromatic rings. The molecule has 1 aromatic carbocycles. The number of carbonyl (C=O) groups is 1. The molecule has 5 rings (SSSR count). The summed E-state index contributed by atoms with van der Waals surface area (Å²) in [5.41, 5.74) is 8.93. The fourth-order valence-corrected chi connectivity index (χ4v) is 4.86. The van der Waals surface area contributed by atoms with Gasteiger partial charge in [-0.2, -0.15) is 0 Å². The van der Waals surface area contributed by atoms with E-state index in [-0.39, 0.29) is 18.1 Å². The van der Waals surface area contributed by atoms with Crippen molar-refractivity contribution in [3.05, 3.63) is 57.7 Å². The minimum atomic E-state index is 0.186. The van der Waals surface area contributed by atoms with Crippen LogP contribution in [0.1, 0.15) is 37.3 Å². The Morgan fingerprint density at radius 3 is 2.27 bits per heavy atom. The number of Topliss-reactive ketones (excluding diaryl/α,β-unsaturated/α-hetero) is 1. The van der Waals surface area contributed by atoms with Gasteiger partial charge in [-0.25, -0.2) is 0 Å². The third kappa shape index (κ3) is 1.62. The third-order valence-corrected chi connectivity index (χ3v) is 6.05. The number of carbonyl (C=O) groups excluding carboxylic acids is 1. The van der Waals surface area contributed by atoms with Crippen molar-refractivity contribution in [2.45, 2.75) is 51.2 Å². The summed E-state index contributed by atoms with van der Waals surface area (Å²) in [4.78, 5) is 11.8.